The standard InChI is InChI=1S/C34H44N6O4/c1-21-15-27(39(19-21)31(41)43-33(3,4)5)29-35-17-25(37-29)14-11-23-9-12-24(13-10-23)26-18-36-30(38-26)28-16-22(2)20-40(28)32(42)44-34(6,7)8/h9-10,12-13,17-18,21-22,27-28H,15-16,19-20H2,1-8H3,(H,35,37)(H,36,38)/t21-,22+,27+,28+/m1/s1. The number of likely N-dealkylation sites (tertiary alicyclic amines) is 2. The van der Waals surface area contributed by atoms with E-state index in [0.29, 0.717) is 30.6 Å². The van der Waals surface area contributed by atoms with Crippen molar-refractivity contribution in [2.45, 2.75) is 91.5 Å². The zero-order chi connectivity index (χ0) is 31.8. The van der Waals surface area contributed by atoms with E-state index in [1.807, 2.05) is 72.0 Å². The first kappa shape index (κ1) is 31.2. The van der Waals surface area contributed by atoms with Gasteiger partial charge in [-0.05, 0) is 89.8 Å². The van der Waals surface area contributed by atoms with Gasteiger partial charge in [0, 0.05) is 18.7 Å². The van der Waals surface area contributed by atoms with E-state index < -0.39 is 11.2 Å². The van der Waals surface area contributed by atoms with E-state index in [1.165, 1.54) is 0 Å². The van der Waals surface area contributed by atoms with Gasteiger partial charge in [-0.25, -0.2) is 19.6 Å². The highest BCUT2D eigenvalue weighted by Gasteiger charge is 2.39. The second-order valence-corrected chi connectivity index (χ2v) is 14.2. The first-order chi connectivity index (χ1) is 20.6. The number of aromatic nitrogens is 4. The topological polar surface area (TPSA) is 116 Å². The van der Waals surface area contributed by atoms with Crippen molar-refractivity contribution in [1.82, 2.24) is 29.7 Å². The zero-order valence-corrected chi connectivity index (χ0v) is 27.0. The van der Waals surface area contributed by atoms with Crippen LogP contribution in [0.5, 0.6) is 0 Å². The summed E-state index contributed by atoms with van der Waals surface area (Å²) in [7, 11) is 0. The maximum absolute atomic E-state index is 12.9. The SMILES string of the molecule is C[C@@H]1C[C@@H](c2ncc(C#Cc3ccc(-c4cnc([C@@H]5C[C@H](C)CN5C(=O)OC(C)(C)C)[nH]4)cc3)[nH]2)N(C(=O)OC(C)(C)C)C1. The number of ether oxygens (including phenoxy) is 2. The Kier molecular flexibility index (Phi) is 8.52. The molecular formula is C34H44N6O4. The van der Waals surface area contributed by atoms with Crippen LogP contribution >= 0.6 is 0 Å². The van der Waals surface area contributed by atoms with Crippen LogP contribution in [-0.4, -0.2) is 66.2 Å². The van der Waals surface area contributed by atoms with Crippen LogP contribution in [0.3, 0.4) is 0 Å². The van der Waals surface area contributed by atoms with E-state index in [1.54, 1.807) is 16.0 Å². The third-order valence-electron chi connectivity index (χ3n) is 7.64. The van der Waals surface area contributed by atoms with Gasteiger partial charge in [0.25, 0.3) is 0 Å². The second kappa shape index (κ2) is 12.0. The van der Waals surface area contributed by atoms with Gasteiger partial charge in [0.2, 0.25) is 0 Å². The first-order valence-corrected chi connectivity index (χ1v) is 15.4. The molecule has 44 heavy (non-hydrogen) atoms. The number of hydrogen-bond donors (Lipinski definition) is 2. The molecule has 2 aliphatic heterocycles. The van der Waals surface area contributed by atoms with Crippen molar-refractivity contribution in [1.29, 1.82) is 0 Å². The van der Waals surface area contributed by atoms with E-state index in [4.69, 9.17) is 9.47 Å². The number of aromatic amines is 2. The number of imidazole rings is 2. The molecule has 3 aromatic rings. The van der Waals surface area contributed by atoms with Crippen molar-refractivity contribution >= 4 is 12.2 Å². The molecule has 0 radical (unpaired) electrons. The van der Waals surface area contributed by atoms with Crippen LogP contribution < -0.4 is 0 Å². The Morgan fingerprint density at radius 1 is 0.773 bits per heavy atom. The number of carbonyl (C=O) groups excluding carboxylic acids is 2. The molecule has 4 atom stereocenters. The summed E-state index contributed by atoms with van der Waals surface area (Å²) in [6.45, 7) is 16.8. The number of benzene rings is 1. The number of rotatable bonds is 3. The van der Waals surface area contributed by atoms with E-state index in [2.05, 4.69) is 45.6 Å². The summed E-state index contributed by atoms with van der Waals surface area (Å²) in [6.07, 6.45) is 4.53. The van der Waals surface area contributed by atoms with Crippen molar-refractivity contribution < 1.29 is 19.1 Å². The first-order valence-electron chi connectivity index (χ1n) is 15.4. The molecule has 234 valence electrons. The molecule has 4 heterocycles. The fraction of sp³-hybridized carbons (Fsp3) is 0.529. The third kappa shape index (κ3) is 7.44. The summed E-state index contributed by atoms with van der Waals surface area (Å²) in [4.78, 5) is 45.1. The lowest BCUT2D eigenvalue weighted by Crippen LogP contribution is -2.37. The average molecular weight is 601 g/mol. The molecule has 10 heteroatoms. The van der Waals surface area contributed by atoms with Gasteiger partial charge < -0.3 is 19.4 Å². The van der Waals surface area contributed by atoms with Gasteiger partial charge in [-0.1, -0.05) is 31.9 Å². The monoisotopic (exact) mass is 600 g/mol. The molecule has 2 aliphatic rings. The van der Waals surface area contributed by atoms with Gasteiger partial charge in [0.05, 0.1) is 30.2 Å². The molecule has 0 spiro atoms. The highest BCUT2D eigenvalue weighted by atomic mass is 16.6. The summed E-state index contributed by atoms with van der Waals surface area (Å²) in [5, 5.41) is 0. The van der Waals surface area contributed by atoms with Crippen molar-refractivity contribution in [2.75, 3.05) is 13.1 Å². The lowest BCUT2D eigenvalue weighted by atomic mass is 10.1. The number of carbonyl (C=O) groups is 2. The molecular weight excluding hydrogens is 556 g/mol. The summed E-state index contributed by atoms with van der Waals surface area (Å²) in [5.41, 5.74) is 2.29. The lowest BCUT2D eigenvalue weighted by molar-refractivity contribution is 0.0204. The fourth-order valence-electron chi connectivity index (χ4n) is 5.75. The van der Waals surface area contributed by atoms with Crippen LogP contribution in [0.4, 0.5) is 9.59 Å². The molecule has 1 aromatic carbocycles. The van der Waals surface area contributed by atoms with Crippen LogP contribution in [0.1, 0.15) is 103 Å². The van der Waals surface area contributed by atoms with Crippen molar-refractivity contribution in [3.05, 3.63) is 59.6 Å². The van der Waals surface area contributed by atoms with Crippen molar-refractivity contribution in [2.24, 2.45) is 11.8 Å². The molecule has 0 bridgehead atoms. The lowest BCUT2D eigenvalue weighted by Gasteiger charge is -2.27. The van der Waals surface area contributed by atoms with Crippen LogP contribution in [0.25, 0.3) is 11.3 Å². The number of amides is 2. The Morgan fingerprint density at radius 2 is 1.27 bits per heavy atom. The maximum atomic E-state index is 12.9. The van der Waals surface area contributed by atoms with E-state index in [0.717, 1.165) is 41.3 Å². The molecule has 2 aromatic heterocycles. The summed E-state index contributed by atoms with van der Waals surface area (Å²) >= 11 is 0. The zero-order valence-electron chi connectivity index (χ0n) is 27.0. The predicted molar refractivity (Wildman–Crippen MR) is 168 cm³/mol. The highest BCUT2D eigenvalue weighted by molar-refractivity contribution is 5.70. The number of nitrogens with one attached hydrogen (secondary N) is 2. The maximum Gasteiger partial charge on any atom is 0.410 e. The third-order valence-corrected chi connectivity index (χ3v) is 7.64. The molecule has 0 saturated carbocycles. The fourth-order valence-corrected chi connectivity index (χ4v) is 5.75. The Bertz CT molecular complexity index is 1550. The summed E-state index contributed by atoms with van der Waals surface area (Å²) in [6, 6.07) is 7.61. The highest BCUT2D eigenvalue weighted by Crippen LogP contribution is 2.36. The van der Waals surface area contributed by atoms with Gasteiger partial charge in [-0.15, -0.1) is 0 Å². The van der Waals surface area contributed by atoms with Gasteiger partial charge in [0.1, 0.15) is 28.5 Å². The van der Waals surface area contributed by atoms with Crippen molar-refractivity contribution in [3.8, 4) is 23.1 Å². The summed E-state index contributed by atoms with van der Waals surface area (Å²) < 4.78 is 11.3. The number of H-pyrrole nitrogens is 2. The van der Waals surface area contributed by atoms with Crippen LogP contribution in [0, 0.1) is 23.7 Å². The van der Waals surface area contributed by atoms with Crippen LogP contribution in [0.15, 0.2) is 36.7 Å². The minimum Gasteiger partial charge on any atom is -0.444 e. The molecule has 2 fully saturated rings. The molecule has 2 saturated heterocycles. The van der Waals surface area contributed by atoms with E-state index in [9.17, 15) is 9.59 Å². The van der Waals surface area contributed by atoms with Crippen molar-refractivity contribution in [3.63, 3.8) is 0 Å². The minimum absolute atomic E-state index is 0.151. The van der Waals surface area contributed by atoms with Crippen LogP contribution in [-0.2, 0) is 9.47 Å². The van der Waals surface area contributed by atoms with E-state index in [-0.39, 0.29) is 24.3 Å². The number of hydrogen-bond acceptors (Lipinski definition) is 6. The normalized spacial score (nSPS) is 22.1. The summed E-state index contributed by atoms with van der Waals surface area (Å²) in [5.74, 6) is 8.55. The Morgan fingerprint density at radius 3 is 1.80 bits per heavy atom. The smallest absolute Gasteiger partial charge is 0.410 e. The van der Waals surface area contributed by atoms with Gasteiger partial charge >= 0.3 is 12.2 Å². The van der Waals surface area contributed by atoms with Crippen LogP contribution in [0.2, 0.25) is 0 Å². The predicted octanol–water partition coefficient (Wildman–Crippen LogP) is 6.84. The quantitative estimate of drug-likeness (QED) is 0.318. The molecule has 0 aliphatic carbocycles. The minimum atomic E-state index is -0.555. The second-order valence-electron chi connectivity index (χ2n) is 14.2. The average Bonchev–Trinajstić information content (AvgIpc) is 3.71. The van der Waals surface area contributed by atoms with Gasteiger partial charge in [-0.3, -0.25) is 9.80 Å². The number of nitrogens with zero attached hydrogens (tertiary/aromatic N) is 4. The Hall–Kier alpha value is -4.26. The van der Waals surface area contributed by atoms with Gasteiger partial charge in [0.15, 0.2) is 0 Å². The largest absolute Gasteiger partial charge is 0.444 e. The Balaban J connectivity index is 1.25. The molecule has 0 unspecified atom stereocenters. The molecule has 2 N–H and O–H groups in total. The van der Waals surface area contributed by atoms with Gasteiger partial charge in [-0.2, -0.15) is 0 Å². The molecule has 10 nitrogen and oxygen atoms in total. The molecule has 2 amide bonds. The van der Waals surface area contributed by atoms with E-state index >= 15 is 0 Å². The Labute approximate surface area is 259 Å². The molecule has 5 rings (SSSR count).